The molecule has 0 bridgehead atoms. The van der Waals surface area contributed by atoms with E-state index >= 15 is 0 Å². The van der Waals surface area contributed by atoms with Crippen molar-refractivity contribution >= 4 is 35.0 Å². The molecule has 5 nitrogen and oxygen atoms in total. The van der Waals surface area contributed by atoms with E-state index in [9.17, 15) is 4.79 Å². The number of carbonyl (C=O) groups excluding carboxylic acids is 1. The van der Waals surface area contributed by atoms with Gasteiger partial charge in [-0.1, -0.05) is 35.9 Å². The van der Waals surface area contributed by atoms with Crippen LogP contribution in [0.1, 0.15) is 15.9 Å². The predicted octanol–water partition coefficient (Wildman–Crippen LogP) is 2.83. The first-order valence-corrected chi connectivity index (χ1v) is 7.68. The van der Waals surface area contributed by atoms with Gasteiger partial charge in [-0.05, 0) is 24.3 Å². The number of aliphatic imine (C=N–C) groups is 2. The standard InChI is InChI=1S/C17H13ClN4O/c18-13-7-3-1-5-11(13)16(23)21-17-20-14-8-4-2-6-12(14)15-19-9-10-22(15)17/h1-8H,9-10H2,(H,20,21,23). The zero-order chi connectivity index (χ0) is 15.8. The molecule has 114 valence electrons. The Labute approximate surface area is 138 Å². The molecule has 0 radical (unpaired) electrons. The highest BCUT2D eigenvalue weighted by Gasteiger charge is 2.30. The Balaban J connectivity index is 1.70. The van der Waals surface area contributed by atoms with E-state index in [0.717, 1.165) is 17.1 Å². The van der Waals surface area contributed by atoms with Crippen LogP contribution in [0.4, 0.5) is 5.69 Å². The van der Waals surface area contributed by atoms with E-state index in [1.165, 1.54) is 0 Å². The molecule has 0 atom stereocenters. The van der Waals surface area contributed by atoms with Crippen LogP contribution in [0.2, 0.25) is 5.02 Å². The Hall–Kier alpha value is -2.66. The van der Waals surface area contributed by atoms with E-state index < -0.39 is 0 Å². The first-order chi connectivity index (χ1) is 11.2. The maximum atomic E-state index is 12.5. The molecule has 0 aromatic heterocycles. The average molecular weight is 325 g/mol. The van der Waals surface area contributed by atoms with Crippen LogP contribution in [0, 0.1) is 0 Å². The van der Waals surface area contributed by atoms with Gasteiger partial charge in [0.1, 0.15) is 5.84 Å². The van der Waals surface area contributed by atoms with Crippen molar-refractivity contribution in [3.8, 4) is 0 Å². The fraction of sp³-hybridized carbons (Fsp3) is 0.118. The van der Waals surface area contributed by atoms with Crippen LogP contribution in [0.25, 0.3) is 0 Å². The molecule has 0 spiro atoms. The van der Waals surface area contributed by atoms with Gasteiger partial charge >= 0.3 is 0 Å². The zero-order valence-electron chi connectivity index (χ0n) is 12.2. The van der Waals surface area contributed by atoms with Crippen LogP contribution in [0.15, 0.2) is 58.5 Å². The number of guanidine groups is 1. The van der Waals surface area contributed by atoms with Gasteiger partial charge in [-0.3, -0.25) is 20.0 Å². The van der Waals surface area contributed by atoms with Gasteiger partial charge in [0.15, 0.2) is 0 Å². The van der Waals surface area contributed by atoms with E-state index in [2.05, 4.69) is 15.3 Å². The van der Waals surface area contributed by atoms with E-state index in [1.54, 1.807) is 24.3 Å². The molecule has 0 saturated carbocycles. The van der Waals surface area contributed by atoms with Crippen molar-refractivity contribution in [1.82, 2.24) is 10.2 Å². The average Bonchev–Trinajstić information content (AvgIpc) is 3.05. The Morgan fingerprint density at radius 2 is 1.91 bits per heavy atom. The molecule has 2 aromatic carbocycles. The van der Waals surface area contributed by atoms with Crippen LogP contribution in [0.3, 0.4) is 0 Å². The second-order valence-corrected chi connectivity index (χ2v) is 5.65. The van der Waals surface area contributed by atoms with Crippen LogP contribution >= 0.6 is 11.6 Å². The fourth-order valence-electron chi connectivity index (χ4n) is 2.73. The monoisotopic (exact) mass is 324 g/mol. The second-order valence-electron chi connectivity index (χ2n) is 5.24. The van der Waals surface area contributed by atoms with Crippen LogP contribution in [0.5, 0.6) is 0 Å². The first kappa shape index (κ1) is 14.0. The van der Waals surface area contributed by atoms with E-state index in [1.807, 2.05) is 29.2 Å². The third-order valence-electron chi connectivity index (χ3n) is 3.81. The molecule has 2 heterocycles. The molecule has 0 aliphatic carbocycles. The molecule has 6 heteroatoms. The van der Waals surface area contributed by atoms with Crippen LogP contribution < -0.4 is 5.32 Å². The highest BCUT2D eigenvalue weighted by Crippen LogP contribution is 2.27. The van der Waals surface area contributed by atoms with Gasteiger partial charge in [0, 0.05) is 12.1 Å². The summed E-state index contributed by atoms with van der Waals surface area (Å²) in [4.78, 5) is 23.5. The van der Waals surface area contributed by atoms with Crippen LogP contribution in [-0.4, -0.2) is 35.7 Å². The molecule has 1 amide bonds. The second kappa shape index (κ2) is 5.52. The molecule has 2 aliphatic heterocycles. The summed E-state index contributed by atoms with van der Waals surface area (Å²) in [7, 11) is 0. The number of carbonyl (C=O) groups is 1. The largest absolute Gasteiger partial charge is 0.294 e. The van der Waals surface area contributed by atoms with Gasteiger partial charge in [-0.2, -0.15) is 0 Å². The number of amidine groups is 1. The lowest BCUT2D eigenvalue weighted by molar-refractivity contribution is 0.0974. The molecule has 1 N–H and O–H groups in total. The third-order valence-corrected chi connectivity index (χ3v) is 4.14. The van der Waals surface area contributed by atoms with E-state index in [4.69, 9.17) is 11.6 Å². The van der Waals surface area contributed by atoms with Crippen molar-refractivity contribution in [2.75, 3.05) is 13.1 Å². The number of rotatable bonds is 1. The summed E-state index contributed by atoms with van der Waals surface area (Å²) in [6.07, 6.45) is 0. The van der Waals surface area contributed by atoms with Gasteiger partial charge in [0.05, 0.1) is 22.8 Å². The number of para-hydroxylation sites is 1. The Morgan fingerprint density at radius 3 is 2.78 bits per heavy atom. The minimum absolute atomic E-state index is 0.278. The normalized spacial score (nSPS) is 15.4. The lowest BCUT2D eigenvalue weighted by Crippen LogP contribution is -2.47. The van der Waals surface area contributed by atoms with Gasteiger partial charge < -0.3 is 0 Å². The smallest absolute Gasteiger partial charge is 0.259 e. The highest BCUT2D eigenvalue weighted by molar-refractivity contribution is 6.34. The molecular formula is C17H13ClN4O. The molecular weight excluding hydrogens is 312 g/mol. The summed E-state index contributed by atoms with van der Waals surface area (Å²) < 4.78 is 0. The number of nitrogens with one attached hydrogen (secondary N) is 1. The predicted molar refractivity (Wildman–Crippen MR) is 90.6 cm³/mol. The minimum atomic E-state index is -0.278. The summed E-state index contributed by atoms with van der Waals surface area (Å²) >= 11 is 6.09. The maximum Gasteiger partial charge on any atom is 0.259 e. The van der Waals surface area contributed by atoms with E-state index in [0.29, 0.717) is 29.6 Å². The molecule has 0 fully saturated rings. The first-order valence-electron chi connectivity index (χ1n) is 7.30. The molecule has 23 heavy (non-hydrogen) atoms. The van der Waals surface area contributed by atoms with Gasteiger partial charge in [-0.25, -0.2) is 4.99 Å². The maximum absolute atomic E-state index is 12.5. The Morgan fingerprint density at radius 1 is 1.13 bits per heavy atom. The molecule has 0 saturated heterocycles. The number of hydrogen-bond acceptors (Lipinski definition) is 4. The molecule has 2 aromatic rings. The fourth-order valence-corrected chi connectivity index (χ4v) is 2.95. The summed E-state index contributed by atoms with van der Waals surface area (Å²) in [6.45, 7) is 1.38. The SMILES string of the molecule is O=C(NC1=Nc2ccccc2C2=NCCN12)c1ccccc1Cl. The summed E-state index contributed by atoms with van der Waals surface area (Å²) in [5, 5.41) is 3.27. The van der Waals surface area contributed by atoms with Crippen molar-refractivity contribution in [2.45, 2.75) is 0 Å². The number of hydrogen-bond donors (Lipinski definition) is 1. The number of halogens is 1. The number of amides is 1. The van der Waals surface area contributed by atoms with Crippen LogP contribution in [-0.2, 0) is 0 Å². The highest BCUT2D eigenvalue weighted by atomic mass is 35.5. The van der Waals surface area contributed by atoms with Crippen molar-refractivity contribution < 1.29 is 4.79 Å². The van der Waals surface area contributed by atoms with Crippen molar-refractivity contribution in [2.24, 2.45) is 9.98 Å². The summed E-state index contributed by atoms with van der Waals surface area (Å²) in [6, 6.07) is 14.7. The molecule has 4 rings (SSSR count). The lowest BCUT2D eigenvalue weighted by atomic mass is 10.1. The van der Waals surface area contributed by atoms with Crippen molar-refractivity contribution in [3.63, 3.8) is 0 Å². The van der Waals surface area contributed by atoms with Gasteiger partial charge in [0.2, 0.25) is 5.96 Å². The topological polar surface area (TPSA) is 57.1 Å². The molecule has 2 aliphatic rings. The van der Waals surface area contributed by atoms with Gasteiger partial charge in [-0.15, -0.1) is 0 Å². The molecule has 0 unspecified atom stereocenters. The summed E-state index contributed by atoms with van der Waals surface area (Å²) in [5.41, 5.74) is 2.22. The quantitative estimate of drug-likeness (QED) is 0.877. The number of fused-ring (bicyclic) bond motifs is 3. The Bertz CT molecular complexity index is 859. The van der Waals surface area contributed by atoms with Crippen molar-refractivity contribution in [1.29, 1.82) is 0 Å². The number of nitrogens with zero attached hydrogens (tertiary/aromatic N) is 3. The Kier molecular flexibility index (Phi) is 3.35. The minimum Gasteiger partial charge on any atom is -0.294 e. The summed E-state index contributed by atoms with van der Waals surface area (Å²) in [5.74, 6) is 1.06. The van der Waals surface area contributed by atoms with Gasteiger partial charge in [0.25, 0.3) is 5.91 Å². The zero-order valence-corrected chi connectivity index (χ0v) is 12.9. The van der Waals surface area contributed by atoms with E-state index in [-0.39, 0.29) is 5.91 Å². The van der Waals surface area contributed by atoms with Crippen molar-refractivity contribution in [3.05, 3.63) is 64.7 Å². The third kappa shape index (κ3) is 2.39. The number of benzene rings is 2. The lowest BCUT2D eigenvalue weighted by Gasteiger charge is -2.27.